The van der Waals surface area contributed by atoms with Crippen LogP contribution in [0.3, 0.4) is 0 Å². The second kappa shape index (κ2) is 7.31. The van der Waals surface area contributed by atoms with Crippen LogP contribution in [0.4, 0.5) is 13.2 Å². The number of likely N-dealkylation sites (N-methyl/N-ethyl adjacent to an activating group) is 1. The molecule has 0 unspecified atom stereocenters. The number of carbonyl (C=O) groups excluding carboxylic acids is 1. The molecule has 1 atom stereocenters. The van der Waals surface area contributed by atoms with E-state index in [-0.39, 0.29) is 30.6 Å². The Bertz CT molecular complexity index is 542. The highest BCUT2D eigenvalue weighted by molar-refractivity contribution is 5.78. The van der Waals surface area contributed by atoms with Crippen molar-refractivity contribution in [3.63, 3.8) is 0 Å². The van der Waals surface area contributed by atoms with Gasteiger partial charge in [0.2, 0.25) is 5.91 Å². The number of carbonyl (C=O) groups is 1. The van der Waals surface area contributed by atoms with Crippen molar-refractivity contribution in [1.82, 2.24) is 10.2 Å². The number of aliphatic hydroxyl groups is 1. The number of nitrogens with one attached hydrogen (secondary N) is 1. The SMILES string of the molecule is CC(C)NC(=O)CN(C)C[C@](C)(O)c1cccc(C(F)(F)F)c1. The average Bonchev–Trinajstić information content (AvgIpc) is 2.35. The fourth-order valence-electron chi connectivity index (χ4n) is 2.32. The average molecular weight is 332 g/mol. The molecule has 0 aromatic heterocycles. The van der Waals surface area contributed by atoms with Crippen LogP contribution < -0.4 is 5.32 Å². The molecule has 7 heteroatoms. The Morgan fingerprint density at radius 3 is 2.39 bits per heavy atom. The van der Waals surface area contributed by atoms with Crippen molar-refractivity contribution >= 4 is 5.91 Å². The lowest BCUT2D eigenvalue weighted by Gasteiger charge is -2.30. The van der Waals surface area contributed by atoms with Crippen molar-refractivity contribution in [2.45, 2.75) is 38.6 Å². The van der Waals surface area contributed by atoms with E-state index in [4.69, 9.17) is 0 Å². The van der Waals surface area contributed by atoms with Crippen LogP contribution in [-0.2, 0) is 16.6 Å². The molecule has 2 N–H and O–H groups in total. The lowest BCUT2D eigenvalue weighted by Crippen LogP contribution is -2.43. The first-order valence-electron chi connectivity index (χ1n) is 7.30. The molecule has 0 aliphatic heterocycles. The van der Waals surface area contributed by atoms with Crippen molar-refractivity contribution in [3.8, 4) is 0 Å². The summed E-state index contributed by atoms with van der Waals surface area (Å²) in [5.41, 5.74) is -2.16. The van der Waals surface area contributed by atoms with E-state index in [1.54, 1.807) is 11.9 Å². The molecule has 1 rings (SSSR count). The van der Waals surface area contributed by atoms with E-state index in [9.17, 15) is 23.1 Å². The summed E-state index contributed by atoms with van der Waals surface area (Å²) in [5, 5.41) is 13.2. The topological polar surface area (TPSA) is 52.6 Å². The number of hydrogen-bond donors (Lipinski definition) is 2. The Labute approximate surface area is 134 Å². The number of benzene rings is 1. The minimum atomic E-state index is -4.46. The van der Waals surface area contributed by atoms with Crippen molar-refractivity contribution in [3.05, 3.63) is 35.4 Å². The molecule has 0 fully saturated rings. The second-order valence-corrected chi connectivity index (χ2v) is 6.25. The molecule has 0 saturated heterocycles. The Kier molecular flexibility index (Phi) is 6.18. The Morgan fingerprint density at radius 2 is 1.87 bits per heavy atom. The van der Waals surface area contributed by atoms with Crippen LogP contribution in [0.2, 0.25) is 0 Å². The molecular weight excluding hydrogens is 309 g/mol. The number of hydrogen-bond acceptors (Lipinski definition) is 3. The van der Waals surface area contributed by atoms with Crippen LogP contribution in [0.5, 0.6) is 0 Å². The number of halogens is 3. The third-order valence-electron chi connectivity index (χ3n) is 3.25. The van der Waals surface area contributed by atoms with Gasteiger partial charge in [-0.1, -0.05) is 12.1 Å². The molecule has 1 aromatic carbocycles. The maximum Gasteiger partial charge on any atom is 0.416 e. The number of alkyl halides is 3. The van der Waals surface area contributed by atoms with Crippen LogP contribution in [0.25, 0.3) is 0 Å². The first-order valence-corrected chi connectivity index (χ1v) is 7.30. The highest BCUT2D eigenvalue weighted by Crippen LogP contribution is 2.32. The molecule has 0 bridgehead atoms. The molecule has 0 radical (unpaired) electrons. The molecular formula is C16H23F3N2O2. The maximum atomic E-state index is 12.8. The Balaban J connectivity index is 2.81. The highest BCUT2D eigenvalue weighted by atomic mass is 19.4. The number of rotatable bonds is 6. The van der Waals surface area contributed by atoms with Gasteiger partial charge < -0.3 is 10.4 Å². The molecule has 0 aliphatic rings. The molecule has 1 aromatic rings. The zero-order valence-corrected chi connectivity index (χ0v) is 13.7. The Morgan fingerprint density at radius 1 is 1.30 bits per heavy atom. The smallest absolute Gasteiger partial charge is 0.384 e. The third-order valence-corrected chi connectivity index (χ3v) is 3.25. The quantitative estimate of drug-likeness (QED) is 0.841. The summed E-state index contributed by atoms with van der Waals surface area (Å²) in [4.78, 5) is 13.3. The van der Waals surface area contributed by atoms with Gasteiger partial charge in [0, 0.05) is 12.6 Å². The summed E-state index contributed by atoms with van der Waals surface area (Å²) in [6, 6.07) is 4.59. The lowest BCUT2D eigenvalue weighted by molar-refractivity contribution is -0.137. The molecule has 130 valence electrons. The molecule has 0 heterocycles. The summed E-state index contributed by atoms with van der Waals surface area (Å²) >= 11 is 0. The van der Waals surface area contributed by atoms with Gasteiger partial charge in [0.05, 0.1) is 17.7 Å². The predicted molar refractivity (Wildman–Crippen MR) is 81.8 cm³/mol. The van der Waals surface area contributed by atoms with Crippen LogP contribution in [0.1, 0.15) is 31.9 Å². The van der Waals surface area contributed by atoms with E-state index in [1.807, 2.05) is 13.8 Å². The maximum absolute atomic E-state index is 12.8. The van der Waals surface area contributed by atoms with Gasteiger partial charge in [-0.3, -0.25) is 9.69 Å². The van der Waals surface area contributed by atoms with E-state index in [0.717, 1.165) is 12.1 Å². The van der Waals surface area contributed by atoms with Crippen LogP contribution >= 0.6 is 0 Å². The normalized spacial score (nSPS) is 14.9. The van der Waals surface area contributed by atoms with Crippen LogP contribution in [0, 0.1) is 0 Å². The molecule has 23 heavy (non-hydrogen) atoms. The largest absolute Gasteiger partial charge is 0.416 e. The summed E-state index contributed by atoms with van der Waals surface area (Å²) in [5.74, 6) is -0.206. The molecule has 1 amide bonds. The number of amides is 1. The van der Waals surface area contributed by atoms with Crippen molar-refractivity contribution in [2.24, 2.45) is 0 Å². The molecule has 0 saturated carbocycles. The lowest BCUT2D eigenvalue weighted by atomic mass is 9.93. The van der Waals surface area contributed by atoms with Crippen molar-refractivity contribution < 1.29 is 23.1 Å². The molecule has 0 aliphatic carbocycles. The monoisotopic (exact) mass is 332 g/mol. The second-order valence-electron chi connectivity index (χ2n) is 6.25. The fraction of sp³-hybridized carbons (Fsp3) is 0.562. The van der Waals surface area contributed by atoms with Crippen molar-refractivity contribution in [1.29, 1.82) is 0 Å². The standard InChI is InChI=1S/C16H23F3N2O2/c1-11(2)20-14(22)9-21(4)10-15(3,23)12-6-5-7-13(8-12)16(17,18)19/h5-8,11,23H,9-10H2,1-4H3,(H,20,22)/t15-/m0/s1. The van der Waals surface area contributed by atoms with Gasteiger partial charge in [-0.25, -0.2) is 0 Å². The van der Waals surface area contributed by atoms with Gasteiger partial charge in [-0.15, -0.1) is 0 Å². The fourth-order valence-corrected chi connectivity index (χ4v) is 2.32. The van der Waals surface area contributed by atoms with E-state index in [2.05, 4.69) is 5.32 Å². The van der Waals surface area contributed by atoms with Crippen LogP contribution in [0.15, 0.2) is 24.3 Å². The van der Waals surface area contributed by atoms with E-state index >= 15 is 0 Å². The minimum Gasteiger partial charge on any atom is -0.384 e. The van der Waals surface area contributed by atoms with Crippen molar-refractivity contribution in [2.75, 3.05) is 20.1 Å². The summed E-state index contributed by atoms with van der Waals surface area (Å²) < 4.78 is 38.3. The summed E-state index contributed by atoms with van der Waals surface area (Å²) in [6.07, 6.45) is -4.46. The molecule has 4 nitrogen and oxygen atoms in total. The van der Waals surface area contributed by atoms with E-state index in [1.165, 1.54) is 19.1 Å². The number of nitrogens with zero attached hydrogens (tertiary/aromatic N) is 1. The minimum absolute atomic E-state index is 0.000114. The first-order chi connectivity index (χ1) is 10.4. The van der Waals surface area contributed by atoms with E-state index in [0.29, 0.717) is 0 Å². The third kappa shape index (κ3) is 6.19. The van der Waals surface area contributed by atoms with Gasteiger partial charge in [0.1, 0.15) is 0 Å². The first kappa shape index (κ1) is 19.4. The van der Waals surface area contributed by atoms with Gasteiger partial charge in [-0.05, 0) is 45.5 Å². The van der Waals surface area contributed by atoms with E-state index < -0.39 is 17.3 Å². The zero-order valence-electron chi connectivity index (χ0n) is 13.7. The summed E-state index contributed by atoms with van der Waals surface area (Å²) in [6.45, 7) is 5.17. The molecule has 0 spiro atoms. The van der Waals surface area contributed by atoms with Crippen LogP contribution in [-0.4, -0.2) is 42.1 Å². The van der Waals surface area contributed by atoms with Gasteiger partial charge in [0.15, 0.2) is 0 Å². The predicted octanol–water partition coefficient (Wildman–Crippen LogP) is 2.37. The highest BCUT2D eigenvalue weighted by Gasteiger charge is 2.33. The van der Waals surface area contributed by atoms with Gasteiger partial charge in [0.25, 0.3) is 0 Å². The Hall–Kier alpha value is -1.60. The van der Waals surface area contributed by atoms with Gasteiger partial charge >= 0.3 is 6.18 Å². The summed E-state index contributed by atoms with van der Waals surface area (Å²) in [7, 11) is 1.63. The zero-order chi connectivity index (χ0) is 17.8. The van der Waals surface area contributed by atoms with Gasteiger partial charge in [-0.2, -0.15) is 13.2 Å².